The molecule has 1 aromatic rings. The summed E-state index contributed by atoms with van der Waals surface area (Å²) in [5.74, 6) is -0.161. The van der Waals surface area contributed by atoms with E-state index in [4.69, 9.17) is 14.2 Å². The maximum absolute atomic E-state index is 12.5. The molecular weight excluding hydrogens is 430 g/mol. The van der Waals surface area contributed by atoms with E-state index < -0.39 is 6.29 Å². The molecule has 1 N–H and O–H groups in total. The predicted molar refractivity (Wildman–Crippen MR) is 94.0 cm³/mol. The summed E-state index contributed by atoms with van der Waals surface area (Å²) in [6, 6.07) is 1.94. The van der Waals surface area contributed by atoms with Crippen LogP contribution >= 0.6 is 31.9 Å². The van der Waals surface area contributed by atoms with Crippen molar-refractivity contribution in [1.29, 1.82) is 0 Å². The highest BCUT2D eigenvalue weighted by Crippen LogP contribution is 2.44. The van der Waals surface area contributed by atoms with Gasteiger partial charge in [-0.05, 0) is 34.5 Å². The zero-order valence-corrected chi connectivity index (χ0v) is 16.2. The average Bonchev–Trinajstić information content (AvgIpc) is 3.07. The van der Waals surface area contributed by atoms with Crippen LogP contribution in [0.4, 0.5) is 5.69 Å². The number of fused-ring (bicyclic) bond motifs is 1. The molecule has 0 aliphatic carbocycles. The highest BCUT2D eigenvalue weighted by atomic mass is 79.9. The minimum atomic E-state index is -0.416. The number of hydrogen-bond donors (Lipinski definition) is 1. The van der Waals surface area contributed by atoms with Gasteiger partial charge in [0, 0.05) is 46.6 Å². The van der Waals surface area contributed by atoms with Crippen molar-refractivity contribution in [2.75, 3.05) is 19.5 Å². The van der Waals surface area contributed by atoms with Gasteiger partial charge in [-0.3, -0.25) is 4.79 Å². The number of carbonyl (C=O) groups excluding carboxylic acids is 1. The van der Waals surface area contributed by atoms with E-state index in [-0.39, 0.29) is 18.1 Å². The molecule has 2 heterocycles. The molecule has 0 radical (unpaired) electrons. The molecule has 124 valence electrons. The highest BCUT2D eigenvalue weighted by molar-refractivity contribution is 9.11. The molecule has 2 aliphatic heterocycles. The second-order valence-electron chi connectivity index (χ2n) is 5.55. The Hall–Kier alpha value is -0.730. The van der Waals surface area contributed by atoms with Crippen LogP contribution in [-0.2, 0) is 19.0 Å². The first kappa shape index (κ1) is 17.1. The number of ether oxygens (including phenoxy) is 3. The number of anilines is 1. The van der Waals surface area contributed by atoms with Crippen LogP contribution in [0.25, 0.3) is 5.57 Å². The van der Waals surface area contributed by atoms with Crippen molar-refractivity contribution in [1.82, 2.24) is 0 Å². The Morgan fingerprint density at radius 1 is 1.30 bits per heavy atom. The van der Waals surface area contributed by atoms with E-state index in [2.05, 4.69) is 37.2 Å². The Kier molecular flexibility index (Phi) is 4.94. The summed E-state index contributed by atoms with van der Waals surface area (Å²) >= 11 is 7.05. The van der Waals surface area contributed by atoms with Crippen molar-refractivity contribution in [3.8, 4) is 0 Å². The lowest BCUT2D eigenvalue weighted by Crippen LogP contribution is -2.18. The van der Waals surface area contributed by atoms with E-state index in [0.717, 1.165) is 25.8 Å². The molecule has 1 fully saturated rings. The van der Waals surface area contributed by atoms with Crippen molar-refractivity contribution in [3.05, 3.63) is 32.2 Å². The van der Waals surface area contributed by atoms with Gasteiger partial charge < -0.3 is 19.5 Å². The zero-order chi connectivity index (χ0) is 16.7. The van der Waals surface area contributed by atoms with Crippen molar-refractivity contribution < 1.29 is 19.0 Å². The van der Waals surface area contributed by atoms with E-state index in [1.165, 1.54) is 0 Å². The van der Waals surface area contributed by atoms with E-state index in [1.807, 2.05) is 19.1 Å². The summed E-state index contributed by atoms with van der Waals surface area (Å²) in [5.41, 5.74) is 3.38. The molecule has 2 aliphatic rings. The lowest BCUT2D eigenvalue weighted by atomic mass is 9.96. The third-order valence-electron chi connectivity index (χ3n) is 4.20. The topological polar surface area (TPSA) is 56.8 Å². The number of methoxy groups -OCH3 is 2. The van der Waals surface area contributed by atoms with Gasteiger partial charge in [-0.25, -0.2) is 0 Å². The van der Waals surface area contributed by atoms with E-state index >= 15 is 0 Å². The van der Waals surface area contributed by atoms with Crippen LogP contribution in [0.2, 0.25) is 0 Å². The predicted octanol–water partition coefficient (Wildman–Crippen LogP) is 3.84. The lowest BCUT2D eigenvalue weighted by Gasteiger charge is -2.14. The number of amides is 1. The number of nitrogens with one attached hydrogen (secondary N) is 1. The van der Waals surface area contributed by atoms with Gasteiger partial charge in [-0.1, -0.05) is 22.0 Å². The number of hydrogen-bond acceptors (Lipinski definition) is 4. The maximum atomic E-state index is 12.5. The number of benzene rings is 1. The first-order valence-electron chi connectivity index (χ1n) is 7.19. The molecule has 0 bridgehead atoms. The van der Waals surface area contributed by atoms with Gasteiger partial charge >= 0.3 is 0 Å². The summed E-state index contributed by atoms with van der Waals surface area (Å²) in [6.07, 6.45) is 1.84. The smallest absolute Gasteiger partial charge is 0.256 e. The molecule has 1 aromatic carbocycles. The fourth-order valence-corrected chi connectivity index (χ4v) is 4.27. The summed E-state index contributed by atoms with van der Waals surface area (Å²) in [5, 5.41) is 2.93. The second kappa shape index (κ2) is 6.64. The third-order valence-corrected chi connectivity index (χ3v) is 5.65. The molecular formula is C16H17Br2NO4. The Bertz CT molecular complexity index is 689. The van der Waals surface area contributed by atoms with Gasteiger partial charge in [0.25, 0.3) is 5.91 Å². The van der Waals surface area contributed by atoms with Gasteiger partial charge in [0.1, 0.15) is 0 Å². The van der Waals surface area contributed by atoms with Crippen molar-refractivity contribution in [2.24, 2.45) is 5.92 Å². The number of halogens is 2. The first-order valence-corrected chi connectivity index (χ1v) is 8.78. The van der Waals surface area contributed by atoms with E-state index in [0.29, 0.717) is 12.0 Å². The van der Waals surface area contributed by atoms with Crippen LogP contribution in [0.3, 0.4) is 0 Å². The molecule has 3 unspecified atom stereocenters. The van der Waals surface area contributed by atoms with Crippen LogP contribution in [0.1, 0.15) is 17.5 Å². The fraction of sp³-hybridized carbons (Fsp3) is 0.438. The lowest BCUT2D eigenvalue weighted by molar-refractivity contribution is -0.190. The Morgan fingerprint density at radius 3 is 2.70 bits per heavy atom. The molecule has 0 aromatic heterocycles. The van der Waals surface area contributed by atoms with Crippen molar-refractivity contribution >= 4 is 49.0 Å². The molecule has 1 saturated heterocycles. The second-order valence-corrected chi connectivity index (χ2v) is 7.26. The number of rotatable bonds is 3. The van der Waals surface area contributed by atoms with Crippen molar-refractivity contribution in [3.63, 3.8) is 0 Å². The van der Waals surface area contributed by atoms with Gasteiger partial charge in [-0.2, -0.15) is 0 Å². The minimum absolute atomic E-state index is 0.0474. The molecule has 3 atom stereocenters. The molecule has 0 spiro atoms. The van der Waals surface area contributed by atoms with E-state index in [9.17, 15) is 4.79 Å². The molecule has 0 saturated carbocycles. The normalized spacial score (nSPS) is 28.3. The monoisotopic (exact) mass is 445 g/mol. The molecule has 23 heavy (non-hydrogen) atoms. The third kappa shape index (κ3) is 3.00. The quantitative estimate of drug-likeness (QED) is 0.716. The van der Waals surface area contributed by atoms with E-state index in [1.54, 1.807) is 14.2 Å². The van der Waals surface area contributed by atoms with Crippen molar-refractivity contribution in [2.45, 2.75) is 25.9 Å². The maximum Gasteiger partial charge on any atom is 0.256 e. The van der Waals surface area contributed by atoms with Crippen LogP contribution < -0.4 is 5.32 Å². The molecule has 7 heteroatoms. The molecule has 5 nitrogen and oxygen atoms in total. The van der Waals surface area contributed by atoms with Crippen LogP contribution in [0.5, 0.6) is 0 Å². The standard InChI is InChI=1S/C16H17Br2NO4/c1-7-10(17)6-11(18)14-13(7)9(15(20)19-14)4-8-5-12(21-2)23-16(8)22-3/h4,6,8,12,16H,5H2,1-3H3,(H,19,20). The Balaban J connectivity index is 2.04. The number of carbonyl (C=O) groups is 1. The van der Waals surface area contributed by atoms with Crippen LogP contribution in [-0.4, -0.2) is 32.7 Å². The summed E-state index contributed by atoms with van der Waals surface area (Å²) in [7, 11) is 3.19. The Labute approximate surface area is 151 Å². The van der Waals surface area contributed by atoms with Gasteiger partial charge in [0.05, 0.1) is 5.69 Å². The zero-order valence-electron chi connectivity index (χ0n) is 13.0. The molecule has 1 amide bonds. The molecule has 3 rings (SSSR count). The minimum Gasteiger partial charge on any atom is -0.356 e. The van der Waals surface area contributed by atoms with Gasteiger partial charge in [0.2, 0.25) is 0 Å². The fourth-order valence-electron chi connectivity index (χ4n) is 3.01. The van der Waals surface area contributed by atoms with Gasteiger partial charge in [0.15, 0.2) is 12.6 Å². The Morgan fingerprint density at radius 2 is 2.04 bits per heavy atom. The summed E-state index contributed by atoms with van der Waals surface area (Å²) in [4.78, 5) is 12.5. The SMILES string of the molecule is COC1CC(C=C2C(=O)Nc3c(Br)cc(Br)c(C)c32)C(OC)O1. The largest absolute Gasteiger partial charge is 0.356 e. The van der Waals surface area contributed by atoms with Crippen LogP contribution in [0.15, 0.2) is 21.1 Å². The average molecular weight is 447 g/mol. The van der Waals surface area contributed by atoms with Crippen LogP contribution in [0, 0.1) is 12.8 Å². The first-order chi connectivity index (χ1) is 11.0. The highest BCUT2D eigenvalue weighted by Gasteiger charge is 2.37. The summed E-state index contributed by atoms with van der Waals surface area (Å²) in [6.45, 7) is 1.99. The van der Waals surface area contributed by atoms with Gasteiger partial charge in [-0.15, -0.1) is 0 Å². The summed E-state index contributed by atoms with van der Waals surface area (Å²) < 4.78 is 18.1.